The molecule has 1 unspecified atom stereocenters. The molecule has 0 aromatic carbocycles. The molecular weight excluding hydrogens is 288 g/mol. The molecule has 22 heavy (non-hydrogen) atoms. The Morgan fingerprint density at radius 1 is 1.55 bits per heavy atom. The second-order valence-electron chi connectivity index (χ2n) is 4.73. The van der Waals surface area contributed by atoms with Gasteiger partial charge in [0.25, 0.3) is 0 Å². The summed E-state index contributed by atoms with van der Waals surface area (Å²) in [6, 6.07) is 3.19. The van der Waals surface area contributed by atoms with Crippen molar-refractivity contribution in [1.82, 2.24) is 4.98 Å². The quantitative estimate of drug-likeness (QED) is 0.253. The number of hydrogen-bond donors (Lipinski definition) is 0. The molecule has 1 aliphatic heterocycles. The van der Waals surface area contributed by atoms with E-state index in [-0.39, 0.29) is 26.0 Å². The molecule has 1 fully saturated rings. The van der Waals surface area contributed by atoms with E-state index < -0.39 is 5.97 Å². The van der Waals surface area contributed by atoms with Crippen molar-refractivity contribution >= 4 is 5.97 Å². The first-order chi connectivity index (χ1) is 10.8. The highest BCUT2D eigenvalue weighted by Gasteiger charge is 2.15. The van der Waals surface area contributed by atoms with Gasteiger partial charge in [0.15, 0.2) is 6.29 Å². The van der Waals surface area contributed by atoms with Gasteiger partial charge in [-0.2, -0.15) is 0 Å². The van der Waals surface area contributed by atoms with Crippen LogP contribution in [0.15, 0.2) is 23.4 Å². The fourth-order valence-electron chi connectivity index (χ4n) is 2.01. The molecular formula is C14H18N4O4. The van der Waals surface area contributed by atoms with Gasteiger partial charge in [0, 0.05) is 17.7 Å². The van der Waals surface area contributed by atoms with Crippen LogP contribution in [0.5, 0.6) is 0 Å². The van der Waals surface area contributed by atoms with Gasteiger partial charge in [-0.3, -0.25) is 4.98 Å². The zero-order valence-electron chi connectivity index (χ0n) is 12.2. The van der Waals surface area contributed by atoms with Crippen LogP contribution in [0.25, 0.3) is 10.4 Å². The van der Waals surface area contributed by atoms with Gasteiger partial charge in [0.05, 0.1) is 31.0 Å². The van der Waals surface area contributed by atoms with Gasteiger partial charge < -0.3 is 14.2 Å². The first kappa shape index (κ1) is 16.2. The fourth-order valence-corrected chi connectivity index (χ4v) is 2.01. The number of rotatable bonds is 7. The molecule has 0 aliphatic carbocycles. The highest BCUT2D eigenvalue weighted by molar-refractivity contribution is 5.89. The second kappa shape index (κ2) is 8.99. The topological polar surface area (TPSA) is 106 Å². The van der Waals surface area contributed by atoms with Crippen molar-refractivity contribution in [2.75, 3.05) is 19.8 Å². The molecule has 0 amide bonds. The molecule has 2 heterocycles. The second-order valence-corrected chi connectivity index (χ2v) is 4.73. The lowest BCUT2D eigenvalue weighted by Gasteiger charge is -2.22. The monoisotopic (exact) mass is 306 g/mol. The van der Waals surface area contributed by atoms with E-state index in [4.69, 9.17) is 19.7 Å². The largest absolute Gasteiger partial charge is 0.462 e. The summed E-state index contributed by atoms with van der Waals surface area (Å²) in [6.45, 7) is 1.16. The molecule has 1 aliphatic rings. The Morgan fingerprint density at radius 2 is 2.45 bits per heavy atom. The number of hydrogen-bond acceptors (Lipinski definition) is 6. The summed E-state index contributed by atoms with van der Waals surface area (Å²) in [6.07, 6.45) is 4.37. The van der Waals surface area contributed by atoms with Crippen LogP contribution in [0, 0.1) is 0 Å². The van der Waals surface area contributed by atoms with Crippen LogP contribution < -0.4 is 0 Å². The zero-order chi connectivity index (χ0) is 15.6. The van der Waals surface area contributed by atoms with Crippen molar-refractivity contribution < 1.29 is 19.0 Å². The highest BCUT2D eigenvalue weighted by atomic mass is 16.7. The molecule has 2 rings (SSSR count). The van der Waals surface area contributed by atoms with Crippen molar-refractivity contribution in [2.45, 2.75) is 32.2 Å². The standard InChI is InChI=1S/C14H18N4O4/c15-18-17-6-8-21-14(19)11-4-5-16-12(9-11)10-22-13-3-1-2-7-20-13/h4-5,9,13H,1-3,6-8,10H2. The van der Waals surface area contributed by atoms with Crippen molar-refractivity contribution in [3.8, 4) is 0 Å². The van der Waals surface area contributed by atoms with Crippen LogP contribution in [-0.2, 0) is 20.8 Å². The number of esters is 1. The molecule has 0 spiro atoms. The third kappa shape index (κ3) is 5.33. The Kier molecular flexibility index (Phi) is 6.63. The number of carbonyl (C=O) groups is 1. The van der Waals surface area contributed by atoms with Crippen molar-refractivity contribution in [2.24, 2.45) is 5.11 Å². The van der Waals surface area contributed by atoms with E-state index in [1.54, 1.807) is 12.1 Å². The first-order valence-electron chi connectivity index (χ1n) is 7.15. The average molecular weight is 306 g/mol. The van der Waals surface area contributed by atoms with E-state index in [1.807, 2.05) is 0 Å². The lowest BCUT2D eigenvalue weighted by atomic mass is 10.2. The lowest BCUT2D eigenvalue weighted by Crippen LogP contribution is -2.22. The van der Waals surface area contributed by atoms with Gasteiger partial charge in [-0.05, 0) is 36.9 Å². The number of carbonyl (C=O) groups excluding carboxylic acids is 1. The molecule has 1 aromatic heterocycles. The summed E-state index contributed by atoms with van der Waals surface area (Å²) in [4.78, 5) is 18.6. The number of aromatic nitrogens is 1. The normalized spacial score (nSPS) is 17.5. The molecule has 0 radical (unpaired) electrons. The summed E-state index contributed by atoms with van der Waals surface area (Å²) in [7, 11) is 0. The SMILES string of the molecule is [N-]=[N+]=NCCOC(=O)c1ccnc(COC2CCCCO2)c1. The van der Waals surface area contributed by atoms with E-state index in [1.165, 1.54) is 6.20 Å². The van der Waals surface area contributed by atoms with Crippen LogP contribution in [-0.4, -0.2) is 37.0 Å². The number of pyridine rings is 1. The Morgan fingerprint density at radius 3 is 3.23 bits per heavy atom. The van der Waals surface area contributed by atoms with Crippen LogP contribution >= 0.6 is 0 Å². The van der Waals surface area contributed by atoms with Gasteiger partial charge >= 0.3 is 5.97 Å². The van der Waals surface area contributed by atoms with E-state index in [0.29, 0.717) is 11.3 Å². The summed E-state index contributed by atoms with van der Waals surface area (Å²) >= 11 is 0. The van der Waals surface area contributed by atoms with E-state index in [9.17, 15) is 4.79 Å². The maximum absolute atomic E-state index is 11.8. The molecule has 8 nitrogen and oxygen atoms in total. The summed E-state index contributed by atoms with van der Waals surface area (Å²) < 4.78 is 16.1. The molecule has 0 N–H and O–H groups in total. The van der Waals surface area contributed by atoms with E-state index in [2.05, 4.69) is 15.0 Å². The number of nitrogens with zero attached hydrogens (tertiary/aromatic N) is 4. The number of azide groups is 1. The molecule has 1 saturated heterocycles. The molecule has 8 heteroatoms. The zero-order valence-corrected chi connectivity index (χ0v) is 12.2. The number of ether oxygens (including phenoxy) is 3. The summed E-state index contributed by atoms with van der Waals surface area (Å²) in [5.41, 5.74) is 9.16. The predicted molar refractivity (Wildman–Crippen MR) is 76.9 cm³/mol. The Labute approximate surface area is 128 Å². The minimum Gasteiger partial charge on any atom is -0.462 e. The third-order valence-corrected chi connectivity index (χ3v) is 3.09. The van der Waals surface area contributed by atoms with E-state index >= 15 is 0 Å². The molecule has 0 saturated carbocycles. The average Bonchev–Trinajstić information content (AvgIpc) is 2.58. The molecule has 0 bridgehead atoms. The van der Waals surface area contributed by atoms with Crippen molar-refractivity contribution in [3.05, 3.63) is 40.0 Å². The summed E-state index contributed by atoms with van der Waals surface area (Å²) in [5.74, 6) is -0.481. The van der Waals surface area contributed by atoms with Gasteiger partial charge in [-0.15, -0.1) is 0 Å². The van der Waals surface area contributed by atoms with Crippen molar-refractivity contribution in [1.29, 1.82) is 0 Å². The maximum Gasteiger partial charge on any atom is 0.338 e. The smallest absolute Gasteiger partial charge is 0.338 e. The van der Waals surface area contributed by atoms with Gasteiger partial charge in [0.2, 0.25) is 0 Å². The first-order valence-corrected chi connectivity index (χ1v) is 7.15. The van der Waals surface area contributed by atoms with Crippen LogP contribution in [0.3, 0.4) is 0 Å². The minimum atomic E-state index is -0.481. The predicted octanol–water partition coefficient (Wildman–Crippen LogP) is 2.59. The highest BCUT2D eigenvalue weighted by Crippen LogP contribution is 2.15. The summed E-state index contributed by atoms with van der Waals surface area (Å²) in [5, 5.41) is 3.29. The lowest BCUT2D eigenvalue weighted by molar-refractivity contribution is -0.169. The Balaban J connectivity index is 1.83. The fraction of sp³-hybridized carbons (Fsp3) is 0.571. The van der Waals surface area contributed by atoms with Crippen LogP contribution in [0.2, 0.25) is 0 Å². The van der Waals surface area contributed by atoms with Gasteiger partial charge in [-0.25, -0.2) is 4.79 Å². The molecule has 1 aromatic rings. The maximum atomic E-state index is 11.8. The Bertz CT molecular complexity index is 539. The molecule has 1 atom stereocenters. The van der Waals surface area contributed by atoms with Crippen LogP contribution in [0.4, 0.5) is 0 Å². The van der Waals surface area contributed by atoms with Crippen LogP contribution in [0.1, 0.15) is 35.3 Å². The molecule has 118 valence electrons. The van der Waals surface area contributed by atoms with Gasteiger partial charge in [0.1, 0.15) is 0 Å². The van der Waals surface area contributed by atoms with E-state index in [0.717, 1.165) is 25.9 Å². The van der Waals surface area contributed by atoms with Gasteiger partial charge in [-0.1, -0.05) is 5.11 Å². The third-order valence-electron chi connectivity index (χ3n) is 3.09. The minimum absolute atomic E-state index is 0.0486. The Hall–Kier alpha value is -2.15. The van der Waals surface area contributed by atoms with Crippen molar-refractivity contribution in [3.63, 3.8) is 0 Å².